The van der Waals surface area contributed by atoms with Crippen LogP contribution in [0.3, 0.4) is 0 Å². The Morgan fingerprint density at radius 3 is 2.50 bits per heavy atom. The molecule has 0 aromatic heterocycles. The smallest absolute Gasteiger partial charge is 0.357 e. The Hall–Kier alpha value is -2.12. The van der Waals surface area contributed by atoms with Gasteiger partial charge in [0.2, 0.25) is 0 Å². The van der Waals surface area contributed by atoms with Gasteiger partial charge in [-0.05, 0) is 18.2 Å². The van der Waals surface area contributed by atoms with E-state index in [2.05, 4.69) is 0 Å². The SMILES string of the molecule is COc1ccccc1-c1c(F)cccc1NS(=O)(=O)O. The van der Waals surface area contributed by atoms with Crippen molar-refractivity contribution in [2.24, 2.45) is 0 Å². The van der Waals surface area contributed by atoms with Crippen LogP contribution in [0, 0.1) is 5.82 Å². The van der Waals surface area contributed by atoms with Gasteiger partial charge in [-0.15, -0.1) is 0 Å². The van der Waals surface area contributed by atoms with Crippen LogP contribution in [0.5, 0.6) is 5.75 Å². The molecule has 0 saturated carbocycles. The lowest BCUT2D eigenvalue weighted by Gasteiger charge is -2.14. The van der Waals surface area contributed by atoms with E-state index in [0.29, 0.717) is 11.3 Å². The van der Waals surface area contributed by atoms with Gasteiger partial charge in [-0.2, -0.15) is 8.42 Å². The number of nitrogens with one attached hydrogen (secondary N) is 1. The number of rotatable bonds is 4. The fraction of sp³-hybridized carbons (Fsp3) is 0.0769. The molecule has 106 valence electrons. The Bertz CT molecular complexity index is 731. The van der Waals surface area contributed by atoms with E-state index in [-0.39, 0.29) is 11.3 Å². The molecule has 0 unspecified atom stereocenters. The molecule has 0 aliphatic rings. The molecule has 20 heavy (non-hydrogen) atoms. The van der Waals surface area contributed by atoms with E-state index in [4.69, 9.17) is 9.29 Å². The van der Waals surface area contributed by atoms with Gasteiger partial charge in [0.05, 0.1) is 12.8 Å². The third-order valence-corrected chi connectivity index (χ3v) is 3.11. The van der Waals surface area contributed by atoms with Gasteiger partial charge >= 0.3 is 10.3 Å². The van der Waals surface area contributed by atoms with Gasteiger partial charge < -0.3 is 4.74 Å². The molecular weight excluding hydrogens is 285 g/mol. The molecule has 0 radical (unpaired) electrons. The zero-order valence-electron chi connectivity index (χ0n) is 10.5. The summed E-state index contributed by atoms with van der Waals surface area (Å²) in [6.45, 7) is 0. The highest BCUT2D eigenvalue weighted by molar-refractivity contribution is 7.87. The van der Waals surface area contributed by atoms with E-state index in [1.807, 2.05) is 4.72 Å². The molecule has 0 atom stereocenters. The minimum absolute atomic E-state index is 0.00238. The standard InChI is InChI=1S/C13H12FNO4S/c1-19-12-8-3-2-5-9(12)13-10(14)6-4-7-11(13)15-20(16,17)18/h2-8,15H,1H3,(H,16,17,18). The van der Waals surface area contributed by atoms with Gasteiger partial charge in [-0.3, -0.25) is 9.27 Å². The molecule has 0 fully saturated rings. The molecule has 0 saturated heterocycles. The van der Waals surface area contributed by atoms with E-state index in [9.17, 15) is 12.8 Å². The van der Waals surface area contributed by atoms with Crippen LogP contribution in [0.2, 0.25) is 0 Å². The summed E-state index contributed by atoms with van der Waals surface area (Å²) in [5, 5.41) is 0. The van der Waals surface area contributed by atoms with Crippen molar-refractivity contribution in [3.63, 3.8) is 0 Å². The highest BCUT2D eigenvalue weighted by Crippen LogP contribution is 2.37. The fourth-order valence-electron chi connectivity index (χ4n) is 1.87. The molecule has 0 aliphatic heterocycles. The lowest BCUT2D eigenvalue weighted by atomic mass is 10.0. The molecule has 2 aromatic carbocycles. The quantitative estimate of drug-likeness (QED) is 0.851. The average molecular weight is 297 g/mol. The number of anilines is 1. The minimum atomic E-state index is -4.50. The van der Waals surface area contributed by atoms with Crippen LogP contribution in [0.25, 0.3) is 11.1 Å². The van der Waals surface area contributed by atoms with Crippen molar-refractivity contribution in [2.45, 2.75) is 0 Å². The zero-order chi connectivity index (χ0) is 14.8. The summed E-state index contributed by atoms with van der Waals surface area (Å²) in [6.07, 6.45) is 0. The molecule has 0 aliphatic carbocycles. The predicted octanol–water partition coefficient (Wildman–Crippen LogP) is 2.72. The van der Waals surface area contributed by atoms with Gasteiger partial charge in [0.25, 0.3) is 0 Å². The first-order chi connectivity index (χ1) is 9.42. The van der Waals surface area contributed by atoms with Crippen molar-refractivity contribution in [3.05, 3.63) is 48.3 Å². The maximum Gasteiger partial charge on any atom is 0.357 e. The Balaban J connectivity index is 2.67. The normalized spacial score (nSPS) is 11.2. The first-order valence-corrected chi connectivity index (χ1v) is 7.03. The van der Waals surface area contributed by atoms with E-state index in [1.54, 1.807) is 24.3 Å². The molecular formula is C13H12FNO4S. The Labute approximate surface area is 115 Å². The topological polar surface area (TPSA) is 75.6 Å². The van der Waals surface area contributed by atoms with Crippen molar-refractivity contribution in [2.75, 3.05) is 11.8 Å². The van der Waals surface area contributed by atoms with Gasteiger partial charge in [-0.25, -0.2) is 4.39 Å². The Kier molecular flexibility index (Phi) is 3.91. The van der Waals surface area contributed by atoms with Crippen LogP contribution in [0.4, 0.5) is 10.1 Å². The van der Waals surface area contributed by atoms with Crippen molar-refractivity contribution in [1.29, 1.82) is 0 Å². The molecule has 2 rings (SSSR count). The monoisotopic (exact) mass is 297 g/mol. The van der Waals surface area contributed by atoms with Crippen molar-refractivity contribution >= 4 is 16.0 Å². The summed E-state index contributed by atoms with van der Waals surface area (Å²) in [7, 11) is -3.08. The number of benzene rings is 2. The average Bonchev–Trinajstić information content (AvgIpc) is 2.37. The lowest BCUT2D eigenvalue weighted by Crippen LogP contribution is -2.11. The highest BCUT2D eigenvalue weighted by atomic mass is 32.2. The summed E-state index contributed by atoms with van der Waals surface area (Å²) >= 11 is 0. The molecule has 5 nitrogen and oxygen atoms in total. The largest absolute Gasteiger partial charge is 0.496 e. The maximum atomic E-state index is 14.1. The summed E-state index contributed by atoms with van der Waals surface area (Å²) in [5.74, 6) is -0.251. The fourth-order valence-corrected chi connectivity index (χ4v) is 2.32. The van der Waals surface area contributed by atoms with Gasteiger partial charge in [-0.1, -0.05) is 24.3 Å². The van der Waals surface area contributed by atoms with Crippen LogP contribution in [-0.2, 0) is 10.3 Å². The number of hydrogen-bond acceptors (Lipinski definition) is 3. The number of methoxy groups -OCH3 is 1. The molecule has 0 heterocycles. The van der Waals surface area contributed by atoms with Gasteiger partial charge in [0.1, 0.15) is 11.6 Å². The van der Waals surface area contributed by atoms with Gasteiger partial charge in [0.15, 0.2) is 0 Å². The van der Waals surface area contributed by atoms with E-state index < -0.39 is 16.1 Å². The third-order valence-electron chi connectivity index (χ3n) is 2.63. The predicted molar refractivity (Wildman–Crippen MR) is 73.6 cm³/mol. The molecule has 2 N–H and O–H groups in total. The molecule has 0 spiro atoms. The van der Waals surface area contributed by atoms with Crippen LogP contribution in [0.15, 0.2) is 42.5 Å². The first-order valence-electron chi connectivity index (χ1n) is 5.59. The third kappa shape index (κ3) is 3.06. The van der Waals surface area contributed by atoms with E-state index in [1.165, 1.54) is 25.3 Å². The summed E-state index contributed by atoms with van der Waals surface area (Å²) in [6, 6.07) is 10.5. The van der Waals surface area contributed by atoms with E-state index in [0.717, 1.165) is 0 Å². The van der Waals surface area contributed by atoms with Crippen molar-refractivity contribution in [1.82, 2.24) is 0 Å². The molecule has 2 aromatic rings. The molecule has 0 amide bonds. The zero-order valence-corrected chi connectivity index (χ0v) is 11.3. The Morgan fingerprint density at radius 1 is 1.15 bits per heavy atom. The summed E-state index contributed by atoms with van der Waals surface area (Å²) < 4.78 is 51.8. The maximum absolute atomic E-state index is 14.1. The lowest BCUT2D eigenvalue weighted by molar-refractivity contribution is 0.416. The number of hydrogen-bond donors (Lipinski definition) is 2. The molecule has 0 bridgehead atoms. The van der Waals surface area contributed by atoms with E-state index >= 15 is 0 Å². The summed E-state index contributed by atoms with van der Waals surface area (Å²) in [4.78, 5) is 0. The van der Waals surface area contributed by atoms with Crippen LogP contribution in [0.1, 0.15) is 0 Å². The van der Waals surface area contributed by atoms with Crippen molar-refractivity contribution < 1.29 is 22.1 Å². The number of halogens is 1. The highest BCUT2D eigenvalue weighted by Gasteiger charge is 2.17. The Morgan fingerprint density at radius 2 is 1.85 bits per heavy atom. The second-order valence-corrected chi connectivity index (χ2v) is 5.09. The van der Waals surface area contributed by atoms with Crippen LogP contribution < -0.4 is 9.46 Å². The second-order valence-electron chi connectivity index (χ2n) is 3.94. The van der Waals surface area contributed by atoms with Crippen molar-refractivity contribution in [3.8, 4) is 16.9 Å². The first kappa shape index (κ1) is 14.3. The number of ether oxygens (including phenoxy) is 1. The summed E-state index contributed by atoms with van der Waals surface area (Å²) in [5.41, 5.74) is 0.304. The van der Waals surface area contributed by atoms with Crippen LogP contribution >= 0.6 is 0 Å². The minimum Gasteiger partial charge on any atom is -0.496 e. The van der Waals surface area contributed by atoms with Gasteiger partial charge in [0, 0.05) is 11.1 Å². The second kappa shape index (κ2) is 5.48. The molecule has 7 heteroatoms. The number of para-hydroxylation sites is 1. The van der Waals surface area contributed by atoms with Crippen LogP contribution in [-0.4, -0.2) is 20.1 Å².